The van der Waals surface area contributed by atoms with Gasteiger partial charge in [0, 0.05) is 17.3 Å². The second-order valence-electron chi connectivity index (χ2n) is 9.14. The van der Waals surface area contributed by atoms with Crippen molar-refractivity contribution in [2.45, 2.75) is 33.4 Å². The number of benzene rings is 3. The molecule has 8 heteroatoms. The van der Waals surface area contributed by atoms with Gasteiger partial charge in [-0.3, -0.25) is 14.5 Å². The van der Waals surface area contributed by atoms with Crippen LogP contribution in [0.2, 0.25) is 0 Å². The van der Waals surface area contributed by atoms with Crippen LogP contribution in [0.3, 0.4) is 0 Å². The molecule has 0 bridgehead atoms. The third-order valence-electron chi connectivity index (χ3n) is 6.05. The Morgan fingerprint density at radius 3 is 2.58 bits per heavy atom. The topological polar surface area (TPSA) is 91.0 Å². The van der Waals surface area contributed by atoms with Crippen molar-refractivity contribution in [1.82, 2.24) is 19.9 Å². The molecular formula is C28H27N5O2S. The first-order valence-corrected chi connectivity index (χ1v) is 12.7. The lowest BCUT2D eigenvalue weighted by Gasteiger charge is -2.25. The number of aryl methyl sites for hydroxylation is 1. The maximum atomic E-state index is 12.8. The Morgan fingerprint density at radius 2 is 1.81 bits per heavy atom. The summed E-state index contributed by atoms with van der Waals surface area (Å²) in [7, 11) is 0. The molecule has 0 unspecified atom stereocenters. The summed E-state index contributed by atoms with van der Waals surface area (Å²) < 4.78 is 1.17. The average Bonchev–Trinajstić information content (AvgIpc) is 3.27. The van der Waals surface area contributed by atoms with Gasteiger partial charge in [0.15, 0.2) is 0 Å². The van der Waals surface area contributed by atoms with E-state index in [2.05, 4.69) is 34.3 Å². The molecular weight excluding hydrogens is 470 g/mol. The number of fused-ring (bicyclic) bond motifs is 2. The number of aromatic nitrogens is 3. The van der Waals surface area contributed by atoms with Crippen LogP contribution < -0.4 is 10.9 Å². The number of para-hydroxylation sites is 1. The van der Waals surface area contributed by atoms with E-state index in [1.165, 1.54) is 10.3 Å². The lowest BCUT2D eigenvalue weighted by atomic mass is 10.2. The normalized spacial score (nSPS) is 11.6. The van der Waals surface area contributed by atoms with Crippen LogP contribution in [0.4, 0.5) is 5.69 Å². The Hall–Kier alpha value is -3.88. The van der Waals surface area contributed by atoms with E-state index >= 15 is 0 Å². The second-order valence-corrected chi connectivity index (χ2v) is 10.2. The third-order valence-corrected chi connectivity index (χ3v) is 7.12. The number of anilines is 1. The number of rotatable bonds is 7. The Balaban J connectivity index is 1.26. The maximum absolute atomic E-state index is 12.8. The SMILES string of the molecule is Cc1ccc2nc(-c3ccc(NC(=O)CN(Cc4nc5ccccc5c(=O)[nH]4)C(C)C)cc3)sc2c1. The molecule has 0 saturated carbocycles. The molecule has 0 aliphatic carbocycles. The minimum absolute atomic E-state index is 0.0811. The Bertz CT molecular complexity index is 1600. The van der Waals surface area contributed by atoms with Gasteiger partial charge in [-0.2, -0.15) is 0 Å². The molecule has 5 aromatic rings. The van der Waals surface area contributed by atoms with E-state index in [9.17, 15) is 9.59 Å². The number of carbonyl (C=O) groups is 1. The van der Waals surface area contributed by atoms with Crippen molar-refractivity contribution in [3.8, 4) is 10.6 Å². The maximum Gasteiger partial charge on any atom is 0.258 e. The van der Waals surface area contributed by atoms with Gasteiger partial charge in [-0.25, -0.2) is 9.97 Å². The summed E-state index contributed by atoms with van der Waals surface area (Å²) in [6.07, 6.45) is 0. The lowest BCUT2D eigenvalue weighted by Crippen LogP contribution is -2.38. The van der Waals surface area contributed by atoms with Crippen LogP contribution in [0.25, 0.3) is 31.7 Å². The van der Waals surface area contributed by atoms with Crippen LogP contribution in [-0.4, -0.2) is 38.3 Å². The molecule has 7 nitrogen and oxygen atoms in total. The molecule has 3 aromatic carbocycles. The van der Waals surface area contributed by atoms with E-state index < -0.39 is 0 Å². The fourth-order valence-electron chi connectivity index (χ4n) is 4.06. The number of nitrogens with zero attached hydrogens (tertiary/aromatic N) is 3. The van der Waals surface area contributed by atoms with Crippen LogP contribution in [-0.2, 0) is 11.3 Å². The number of H-pyrrole nitrogens is 1. The number of thiazole rings is 1. The number of hydrogen-bond acceptors (Lipinski definition) is 6. The minimum Gasteiger partial charge on any atom is -0.325 e. The van der Waals surface area contributed by atoms with E-state index in [0.717, 1.165) is 21.8 Å². The van der Waals surface area contributed by atoms with Crippen LogP contribution in [0.5, 0.6) is 0 Å². The van der Waals surface area contributed by atoms with E-state index in [1.54, 1.807) is 17.4 Å². The van der Waals surface area contributed by atoms with Crippen molar-refractivity contribution in [1.29, 1.82) is 0 Å². The highest BCUT2D eigenvalue weighted by atomic mass is 32.1. The van der Waals surface area contributed by atoms with E-state index in [-0.39, 0.29) is 24.1 Å². The van der Waals surface area contributed by atoms with Crippen molar-refractivity contribution in [2.24, 2.45) is 0 Å². The summed E-state index contributed by atoms with van der Waals surface area (Å²) >= 11 is 1.66. The molecule has 182 valence electrons. The Kier molecular flexibility index (Phi) is 6.63. The molecule has 2 N–H and O–H groups in total. The van der Waals surface area contributed by atoms with Crippen LogP contribution in [0, 0.1) is 6.92 Å². The number of amides is 1. The van der Waals surface area contributed by atoms with Gasteiger partial charge in [0.1, 0.15) is 10.8 Å². The Labute approximate surface area is 212 Å². The highest BCUT2D eigenvalue weighted by Gasteiger charge is 2.17. The van der Waals surface area contributed by atoms with E-state index in [1.807, 2.05) is 67.3 Å². The predicted molar refractivity (Wildman–Crippen MR) is 146 cm³/mol. The smallest absolute Gasteiger partial charge is 0.258 e. The molecule has 0 aliphatic rings. The van der Waals surface area contributed by atoms with Gasteiger partial charge >= 0.3 is 0 Å². The van der Waals surface area contributed by atoms with Gasteiger partial charge in [-0.15, -0.1) is 11.3 Å². The summed E-state index contributed by atoms with van der Waals surface area (Å²) in [6.45, 7) is 6.64. The van der Waals surface area contributed by atoms with Gasteiger partial charge < -0.3 is 10.3 Å². The third kappa shape index (κ3) is 5.19. The molecule has 0 radical (unpaired) electrons. The zero-order chi connectivity index (χ0) is 25.2. The lowest BCUT2D eigenvalue weighted by molar-refractivity contribution is -0.117. The zero-order valence-electron chi connectivity index (χ0n) is 20.4. The first kappa shape index (κ1) is 23.8. The molecule has 0 atom stereocenters. The quantitative estimate of drug-likeness (QED) is 0.316. The summed E-state index contributed by atoms with van der Waals surface area (Å²) in [6, 6.07) is 21.3. The standard InChI is InChI=1S/C28H27N5O2S/c1-17(2)33(15-25-30-22-7-5-4-6-21(22)27(35)32-25)16-26(34)29-20-11-9-19(10-12-20)28-31-23-13-8-18(3)14-24(23)36-28/h4-14,17H,15-16H2,1-3H3,(H,29,34)(H,30,32,35). The molecule has 0 fully saturated rings. The van der Waals surface area contributed by atoms with Crippen molar-refractivity contribution in [3.05, 3.63) is 88.5 Å². The fourth-order valence-corrected chi connectivity index (χ4v) is 5.13. The second kappa shape index (κ2) is 10.0. The molecule has 2 heterocycles. The fraction of sp³-hybridized carbons (Fsp3) is 0.214. The molecule has 0 spiro atoms. The minimum atomic E-state index is -0.174. The van der Waals surface area contributed by atoms with Crippen molar-refractivity contribution in [2.75, 3.05) is 11.9 Å². The highest BCUT2D eigenvalue weighted by Crippen LogP contribution is 2.31. The van der Waals surface area contributed by atoms with Crippen molar-refractivity contribution in [3.63, 3.8) is 0 Å². The van der Waals surface area contributed by atoms with Gasteiger partial charge in [-0.05, 0) is 74.9 Å². The zero-order valence-corrected chi connectivity index (χ0v) is 21.2. The number of hydrogen-bond donors (Lipinski definition) is 2. The Morgan fingerprint density at radius 1 is 1.03 bits per heavy atom. The van der Waals surface area contributed by atoms with Crippen LogP contribution >= 0.6 is 11.3 Å². The molecule has 1 amide bonds. The molecule has 36 heavy (non-hydrogen) atoms. The summed E-state index contributed by atoms with van der Waals surface area (Å²) in [5.41, 5.74) is 4.42. The molecule has 0 aliphatic heterocycles. The van der Waals surface area contributed by atoms with E-state index in [4.69, 9.17) is 4.98 Å². The van der Waals surface area contributed by atoms with Gasteiger partial charge in [0.2, 0.25) is 5.91 Å². The van der Waals surface area contributed by atoms with Crippen LogP contribution in [0.1, 0.15) is 25.2 Å². The largest absolute Gasteiger partial charge is 0.325 e. The highest BCUT2D eigenvalue weighted by molar-refractivity contribution is 7.21. The number of aromatic amines is 1. The van der Waals surface area contributed by atoms with Gasteiger partial charge in [0.05, 0.1) is 34.2 Å². The molecule has 0 saturated heterocycles. The van der Waals surface area contributed by atoms with Gasteiger partial charge in [-0.1, -0.05) is 18.2 Å². The number of carbonyl (C=O) groups excluding carboxylic acids is 1. The average molecular weight is 498 g/mol. The molecule has 5 rings (SSSR count). The first-order chi connectivity index (χ1) is 17.4. The molecule has 2 aromatic heterocycles. The van der Waals surface area contributed by atoms with Crippen LogP contribution in [0.15, 0.2) is 71.5 Å². The van der Waals surface area contributed by atoms with Gasteiger partial charge in [0.25, 0.3) is 5.56 Å². The number of nitrogens with one attached hydrogen (secondary N) is 2. The summed E-state index contributed by atoms with van der Waals surface area (Å²) in [5, 5.41) is 4.49. The predicted octanol–water partition coefficient (Wildman–Crippen LogP) is 5.36. The summed E-state index contributed by atoms with van der Waals surface area (Å²) in [5.74, 6) is 0.408. The van der Waals surface area contributed by atoms with Crippen molar-refractivity contribution < 1.29 is 4.79 Å². The first-order valence-electron chi connectivity index (χ1n) is 11.9. The van der Waals surface area contributed by atoms with Crippen molar-refractivity contribution >= 4 is 44.1 Å². The monoisotopic (exact) mass is 497 g/mol. The van der Waals surface area contributed by atoms with E-state index in [0.29, 0.717) is 23.3 Å². The summed E-state index contributed by atoms with van der Waals surface area (Å²) in [4.78, 5) is 39.4.